The first-order chi connectivity index (χ1) is 13.5. The molecule has 2 aromatic carbocycles. The maximum atomic E-state index is 12.6. The van der Waals surface area contributed by atoms with Gasteiger partial charge in [0.1, 0.15) is 11.5 Å². The molecule has 2 N–H and O–H groups in total. The minimum Gasteiger partial charge on any atom is -0.497 e. The van der Waals surface area contributed by atoms with Gasteiger partial charge in [-0.1, -0.05) is 0 Å². The maximum absolute atomic E-state index is 12.6. The van der Waals surface area contributed by atoms with Crippen molar-refractivity contribution < 1.29 is 19.1 Å². The number of anilines is 2. The van der Waals surface area contributed by atoms with Crippen LogP contribution in [0.1, 0.15) is 15.2 Å². The minimum atomic E-state index is -0.293. The van der Waals surface area contributed by atoms with Gasteiger partial charge in [-0.05, 0) is 49.4 Å². The van der Waals surface area contributed by atoms with Gasteiger partial charge in [0.2, 0.25) is 0 Å². The number of thiazole rings is 1. The van der Waals surface area contributed by atoms with Crippen molar-refractivity contribution in [2.75, 3.05) is 24.4 Å². The molecule has 0 atom stereocenters. The molecule has 0 saturated heterocycles. The number of carbonyl (C=O) groups is 2. The highest BCUT2D eigenvalue weighted by Crippen LogP contribution is 2.32. The number of aryl methyl sites for hydroxylation is 1. The first-order valence-corrected chi connectivity index (χ1v) is 9.35. The molecule has 142 valence electrons. The molecule has 2 heterocycles. The largest absolute Gasteiger partial charge is 0.497 e. The lowest BCUT2D eigenvalue weighted by Gasteiger charge is -2.18. The summed E-state index contributed by atoms with van der Waals surface area (Å²) >= 11 is 1.41. The van der Waals surface area contributed by atoms with Crippen LogP contribution >= 0.6 is 11.3 Å². The summed E-state index contributed by atoms with van der Waals surface area (Å²) in [7, 11) is 1.62. The van der Waals surface area contributed by atoms with Crippen molar-refractivity contribution in [3.8, 4) is 22.8 Å². The van der Waals surface area contributed by atoms with Crippen LogP contribution in [0.2, 0.25) is 0 Å². The second-order valence-corrected chi connectivity index (χ2v) is 7.36. The Bertz CT molecular complexity index is 1060. The van der Waals surface area contributed by atoms with E-state index in [1.807, 2.05) is 31.2 Å². The minimum absolute atomic E-state index is 0.0605. The van der Waals surface area contributed by atoms with Gasteiger partial charge in [0.05, 0.1) is 18.5 Å². The first kappa shape index (κ1) is 18.0. The van der Waals surface area contributed by atoms with Gasteiger partial charge in [0, 0.05) is 16.0 Å². The Labute approximate surface area is 165 Å². The zero-order chi connectivity index (χ0) is 19.7. The van der Waals surface area contributed by atoms with Gasteiger partial charge in [0.15, 0.2) is 11.7 Å². The smallest absolute Gasteiger partial charge is 0.262 e. The number of fused-ring (bicyclic) bond motifs is 1. The summed E-state index contributed by atoms with van der Waals surface area (Å²) in [5, 5.41) is 6.04. The van der Waals surface area contributed by atoms with Crippen molar-refractivity contribution in [3.63, 3.8) is 0 Å². The van der Waals surface area contributed by atoms with Crippen LogP contribution in [0, 0.1) is 6.92 Å². The second-order valence-electron chi connectivity index (χ2n) is 6.15. The number of carbonyl (C=O) groups excluding carboxylic acids is 2. The van der Waals surface area contributed by atoms with Gasteiger partial charge < -0.3 is 14.8 Å². The number of benzene rings is 2. The Kier molecular flexibility index (Phi) is 4.70. The average Bonchev–Trinajstić information content (AvgIpc) is 3.07. The quantitative estimate of drug-likeness (QED) is 0.703. The molecule has 4 rings (SSSR count). The zero-order valence-corrected chi connectivity index (χ0v) is 16.1. The molecule has 0 saturated carbocycles. The molecule has 3 aromatic rings. The summed E-state index contributed by atoms with van der Waals surface area (Å²) in [6, 6.07) is 12.5. The number of amides is 2. The summed E-state index contributed by atoms with van der Waals surface area (Å²) < 4.78 is 10.5. The number of hydrogen-bond acceptors (Lipinski definition) is 6. The van der Waals surface area contributed by atoms with Crippen LogP contribution in [0.25, 0.3) is 11.3 Å². The Balaban J connectivity index is 1.53. The predicted molar refractivity (Wildman–Crippen MR) is 107 cm³/mol. The number of nitrogens with one attached hydrogen (secondary N) is 2. The molecule has 0 aliphatic carbocycles. The zero-order valence-electron chi connectivity index (χ0n) is 15.2. The van der Waals surface area contributed by atoms with E-state index in [-0.39, 0.29) is 18.4 Å². The van der Waals surface area contributed by atoms with E-state index in [4.69, 9.17) is 9.47 Å². The van der Waals surface area contributed by atoms with Gasteiger partial charge in [-0.2, -0.15) is 0 Å². The van der Waals surface area contributed by atoms with E-state index < -0.39 is 0 Å². The van der Waals surface area contributed by atoms with Crippen LogP contribution in [-0.2, 0) is 4.79 Å². The molecule has 2 amide bonds. The van der Waals surface area contributed by atoms with Crippen molar-refractivity contribution in [3.05, 3.63) is 52.9 Å². The lowest BCUT2D eigenvalue weighted by Crippen LogP contribution is -2.25. The summed E-state index contributed by atoms with van der Waals surface area (Å²) in [6.45, 7) is 1.90. The number of hydrogen-bond donors (Lipinski definition) is 2. The Morgan fingerprint density at radius 3 is 2.79 bits per heavy atom. The summed E-state index contributed by atoms with van der Waals surface area (Å²) in [5.74, 6) is 0.741. The molecule has 0 spiro atoms. The molecular formula is C20H17N3O4S. The third-order valence-corrected chi connectivity index (χ3v) is 5.14. The number of aromatic nitrogens is 1. The Hall–Kier alpha value is -3.39. The fourth-order valence-electron chi connectivity index (χ4n) is 2.85. The van der Waals surface area contributed by atoms with E-state index in [1.165, 1.54) is 11.3 Å². The van der Waals surface area contributed by atoms with E-state index in [9.17, 15) is 9.59 Å². The lowest BCUT2D eigenvalue weighted by atomic mass is 10.1. The Morgan fingerprint density at radius 2 is 2.04 bits per heavy atom. The van der Waals surface area contributed by atoms with Crippen molar-refractivity contribution in [2.45, 2.75) is 6.92 Å². The van der Waals surface area contributed by atoms with E-state index in [0.29, 0.717) is 22.1 Å². The summed E-state index contributed by atoms with van der Waals surface area (Å²) in [6.07, 6.45) is 0. The maximum Gasteiger partial charge on any atom is 0.262 e. The van der Waals surface area contributed by atoms with E-state index >= 15 is 0 Å². The van der Waals surface area contributed by atoms with Crippen LogP contribution in [0.5, 0.6) is 11.5 Å². The highest BCUT2D eigenvalue weighted by Gasteiger charge is 2.19. The fourth-order valence-corrected chi connectivity index (χ4v) is 3.68. The molecule has 0 fully saturated rings. The third-order valence-electron chi connectivity index (χ3n) is 4.26. The lowest BCUT2D eigenvalue weighted by molar-refractivity contribution is -0.118. The number of nitrogens with zero attached hydrogens (tertiary/aromatic N) is 1. The second kappa shape index (κ2) is 7.32. The van der Waals surface area contributed by atoms with Gasteiger partial charge in [-0.3, -0.25) is 14.9 Å². The van der Waals surface area contributed by atoms with Crippen molar-refractivity contribution in [1.82, 2.24) is 4.98 Å². The molecular weight excluding hydrogens is 378 g/mol. The first-order valence-electron chi connectivity index (χ1n) is 8.53. The standard InChI is InChI=1S/C20H17N3O4S/c1-11-18(12-3-6-14(26-2)7-4-12)22-20(28-11)23-19(25)13-5-8-15-16(9-13)27-10-17(24)21-15/h3-9H,10H2,1-2H3,(H,21,24)(H,22,23,25). The number of methoxy groups -OCH3 is 1. The number of ether oxygens (including phenoxy) is 2. The molecule has 1 aliphatic heterocycles. The average molecular weight is 395 g/mol. The highest BCUT2D eigenvalue weighted by atomic mass is 32.1. The number of rotatable bonds is 4. The molecule has 0 unspecified atom stereocenters. The molecule has 0 radical (unpaired) electrons. The van der Waals surface area contributed by atoms with Crippen LogP contribution in [0.4, 0.5) is 10.8 Å². The summed E-state index contributed by atoms with van der Waals surface area (Å²) in [5.41, 5.74) is 2.75. The van der Waals surface area contributed by atoms with Crippen molar-refractivity contribution in [2.24, 2.45) is 0 Å². The van der Waals surface area contributed by atoms with Gasteiger partial charge in [-0.25, -0.2) is 4.98 Å². The van der Waals surface area contributed by atoms with Gasteiger partial charge in [-0.15, -0.1) is 11.3 Å². The molecule has 8 heteroatoms. The Morgan fingerprint density at radius 1 is 1.25 bits per heavy atom. The third kappa shape index (κ3) is 3.54. The summed E-state index contributed by atoms with van der Waals surface area (Å²) in [4.78, 5) is 29.5. The molecule has 0 bridgehead atoms. The van der Waals surface area contributed by atoms with Crippen molar-refractivity contribution >= 4 is 34.0 Å². The molecule has 1 aromatic heterocycles. The van der Waals surface area contributed by atoms with Crippen LogP contribution in [0.15, 0.2) is 42.5 Å². The van der Waals surface area contributed by atoms with E-state index in [0.717, 1.165) is 21.9 Å². The van der Waals surface area contributed by atoms with E-state index in [1.54, 1.807) is 25.3 Å². The predicted octanol–water partition coefficient (Wildman–Crippen LogP) is 3.71. The normalized spacial score (nSPS) is 12.6. The SMILES string of the molecule is COc1ccc(-c2nc(NC(=O)c3ccc4c(c3)OCC(=O)N4)sc2C)cc1. The van der Waals surface area contributed by atoms with Gasteiger partial charge >= 0.3 is 0 Å². The fraction of sp³-hybridized carbons (Fsp3) is 0.150. The topological polar surface area (TPSA) is 89.6 Å². The van der Waals surface area contributed by atoms with Crippen LogP contribution in [0.3, 0.4) is 0 Å². The van der Waals surface area contributed by atoms with Crippen LogP contribution < -0.4 is 20.1 Å². The highest BCUT2D eigenvalue weighted by molar-refractivity contribution is 7.16. The molecule has 7 nitrogen and oxygen atoms in total. The molecule has 28 heavy (non-hydrogen) atoms. The van der Waals surface area contributed by atoms with Crippen LogP contribution in [-0.4, -0.2) is 30.5 Å². The van der Waals surface area contributed by atoms with Crippen molar-refractivity contribution in [1.29, 1.82) is 0 Å². The molecule has 1 aliphatic rings. The monoisotopic (exact) mass is 395 g/mol. The van der Waals surface area contributed by atoms with Gasteiger partial charge in [0.25, 0.3) is 11.8 Å². The van der Waals surface area contributed by atoms with E-state index in [2.05, 4.69) is 15.6 Å².